The molecule has 18 heteroatoms. The molecule has 0 aliphatic carbocycles. The van der Waals surface area contributed by atoms with Gasteiger partial charge >= 0.3 is 10.2 Å². The second-order valence-corrected chi connectivity index (χ2v) is 20.2. The van der Waals surface area contributed by atoms with Crippen LogP contribution in [0, 0.1) is 23.5 Å². The first-order valence-electron chi connectivity index (χ1n) is 23.1. The van der Waals surface area contributed by atoms with Crippen molar-refractivity contribution in [2.24, 2.45) is 11.8 Å². The van der Waals surface area contributed by atoms with E-state index in [0.29, 0.717) is 47.0 Å². The van der Waals surface area contributed by atoms with Gasteiger partial charge in [0.25, 0.3) is 5.91 Å². The van der Waals surface area contributed by atoms with Gasteiger partial charge in [-0.3, -0.25) is 29.2 Å². The van der Waals surface area contributed by atoms with Crippen LogP contribution >= 0.6 is 0 Å². The van der Waals surface area contributed by atoms with E-state index in [1.807, 2.05) is 29.0 Å². The number of benzene rings is 3. The third kappa shape index (κ3) is 8.88. The monoisotopic (exact) mass is 936 g/mol. The number of carbonyl (C=O) groups is 4. The van der Waals surface area contributed by atoms with Crippen LogP contribution in [0.4, 0.5) is 30.2 Å². The highest BCUT2D eigenvalue weighted by Crippen LogP contribution is 2.36. The third-order valence-electron chi connectivity index (χ3n) is 14.4. The highest BCUT2D eigenvalue weighted by atomic mass is 32.2. The SMILES string of the molecule is O=C1CCC(N2Cc3cc(N4CCC(CCC5CCN(c6ccc(-c7cnc8[nH]cc(C(=O)c9c(F)ccc(NS(=O)(=O)N%10CC[C@@H](F)C%10)c9F)c8c7)cc6)CC5)CC4)ccc3C2=O)C(=O)N1. The lowest BCUT2D eigenvalue weighted by molar-refractivity contribution is -0.136. The van der Waals surface area contributed by atoms with Crippen molar-refractivity contribution in [3.05, 3.63) is 107 Å². The number of carbonyl (C=O) groups excluding carboxylic acids is 4. The molecule has 5 aliphatic rings. The van der Waals surface area contributed by atoms with Crippen LogP contribution in [0.3, 0.4) is 0 Å². The molecule has 5 aromatic rings. The highest BCUT2D eigenvalue weighted by molar-refractivity contribution is 7.90. The van der Waals surface area contributed by atoms with E-state index < -0.39 is 57.0 Å². The van der Waals surface area contributed by atoms with E-state index in [-0.39, 0.29) is 43.3 Å². The number of pyridine rings is 1. The van der Waals surface area contributed by atoms with Crippen molar-refractivity contribution >= 4 is 61.8 Å². The second-order valence-electron chi connectivity index (χ2n) is 18.5. The Balaban J connectivity index is 0.711. The van der Waals surface area contributed by atoms with Gasteiger partial charge in [0.15, 0.2) is 5.82 Å². The summed E-state index contributed by atoms with van der Waals surface area (Å²) >= 11 is 0. The molecular formula is C49H51F3N8O6S. The molecule has 2 atom stereocenters. The molecule has 3 aromatic carbocycles. The first-order valence-corrected chi connectivity index (χ1v) is 24.5. The smallest absolute Gasteiger partial charge is 0.301 e. The van der Waals surface area contributed by atoms with Gasteiger partial charge in [-0.05, 0) is 110 Å². The molecule has 3 N–H and O–H groups in total. The average molecular weight is 937 g/mol. The van der Waals surface area contributed by atoms with Crippen LogP contribution in [-0.4, -0.2) is 103 Å². The van der Waals surface area contributed by atoms with Gasteiger partial charge in [0, 0.05) is 98.1 Å². The standard InChI is InChI=1S/C49H51F3N8O6S/c50-34-17-22-59(28-34)67(65,66)56-41-10-9-40(51)44(45(41)52)46(62)39-26-54-47-38(39)24-32(25-53-47)31-3-5-35(6-4-31)57-18-13-29(14-19-57)1-2-30-15-20-58(21-16-30)36-7-8-37-33(23-36)27-60(49(37)64)42-11-12-43(61)55-48(42)63/h3-10,23-26,29-30,34,42,56H,1-2,11-22,27-28H2,(H,53,54)(H,55,61,63)/t34-,42?/m1/s1. The molecule has 7 heterocycles. The normalized spacial score (nSPS) is 21.1. The molecule has 5 aliphatic heterocycles. The number of amides is 3. The number of fused-ring (bicyclic) bond motifs is 2. The number of ketones is 1. The summed E-state index contributed by atoms with van der Waals surface area (Å²) in [6, 6.07) is 16.9. The van der Waals surface area contributed by atoms with Crippen LogP contribution in [-0.2, 0) is 26.3 Å². The fourth-order valence-electron chi connectivity index (χ4n) is 10.5. The molecule has 4 fully saturated rings. The van der Waals surface area contributed by atoms with Gasteiger partial charge in [0.2, 0.25) is 17.6 Å². The fourth-order valence-corrected chi connectivity index (χ4v) is 11.8. The van der Waals surface area contributed by atoms with Gasteiger partial charge < -0.3 is 19.7 Å². The molecule has 0 bridgehead atoms. The third-order valence-corrected chi connectivity index (χ3v) is 15.9. The number of aromatic amines is 1. The molecule has 3 amide bonds. The first kappa shape index (κ1) is 44.6. The van der Waals surface area contributed by atoms with Crippen molar-refractivity contribution in [3.8, 4) is 11.1 Å². The summed E-state index contributed by atoms with van der Waals surface area (Å²) in [5.74, 6) is -3.04. The Morgan fingerprint density at radius 1 is 0.806 bits per heavy atom. The Bertz CT molecular complexity index is 2880. The van der Waals surface area contributed by atoms with Gasteiger partial charge in [0.05, 0.1) is 11.3 Å². The maximum absolute atomic E-state index is 15.8. The van der Waals surface area contributed by atoms with E-state index in [9.17, 15) is 32.0 Å². The van der Waals surface area contributed by atoms with Crippen molar-refractivity contribution in [1.29, 1.82) is 0 Å². The number of rotatable bonds is 12. The number of hydrogen-bond donors (Lipinski definition) is 3. The van der Waals surface area contributed by atoms with E-state index in [4.69, 9.17) is 0 Å². The van der Waals surface area contributed by atoms with Crippen molar-refractivity contribution in [1.82, 2.24) is 24.5 Å². The number of imide groups is 1. The van der Waals surface area contributed by atoms with Crippen LogP contribution in [0.1, 0.15) is 89.6 Å². The van der Waals surface area contributed by atoms with Crippen LogP contribution in [0.15, 0.2) is 73.1 Å². The maximum Gasteiger partial charge on any atom is 0.301 e. The number of anilines is 3. The fraction of sp³-hybridized carbons (Fsp3) is 0.408. The summed E-state index contributed by atoms with van der Waals surface area (Å²) in [4.78, 5) is 64.8. The minimum Gasteiger partial charge on any atom is -0.372 e. The van der Waals surface area contributed by atoms with Gasteiger partial charge in [-0.2, -0.15) is 12.7 Å². The molecule has 10 rings (SSSR count). The van der Waals surface area contributed by atoms with Crippen molar-refractivity contribution in [3.63, 3.8) is 0 Å². The molecule has 67 heavy (non-hydrogen) atoms. The quantitative estimate of drug-likeness (QED) is 0.0873. The topological polar surface area (TPSA) is 168 Å². The molecule has 4 saturated heterocycles. The Hall–Kier alpha value is -6.27. The lowest BCUT2D eigenvalue weighted by atomic mass is 9.85. The maximum atomic E-state index is 15.8. The van der Waals surface area contributed by atoms with Crippen LogP contribution in [0.25, 0.3) is 22.2 Å². The molecule has 0 radical (unpaired) electrons. The lowest BCUT2D eigenvalue weighted by Crippen LogP contribution is -2.52. The predicted octanol–water partition coefficient (Wildman–Crippen LogP) is 7.11. The number of piperidine rings is 3. The Morgan fingerprint density at radius 2 is 1.49 bits per heavy atom. The number of aromatic nitrogens is 2. The number of H-pyrrole nitrogens is 1. The molecule has 1 unspecified atom stereocenters. The number of hydrogen-bond acceptors (Lipinski definition) is 9. The van der Waals surface area contributed by atoms with Crippen LogP contribution in [0.5, 0.6) is 0 Å². The summed E-state index contributed by atoms with van der Waals surface area (Å²) in [6.07, 6.45) is 9.11. The number of halogens is 3. The first-order chi connectivity index (χ1) is 32.3. The van der Waals surface area contributed by atoms with Crippen molar-refractivity contribution in [2.45, 2.75) is 76.5 Å². The second kappa shape index (κ2) is 18.1. The van der Waals surface area contributed by atoms with E-state index in [1.54, 1.807) is 17.2 Å². The van der Waals surface area contributed by atoms with Crippen LogP contribution in [0.2, 0.25) is 0 Å². The molecular weight excluding hydrogens is 886 g/mol. The lowest BCUT2D eigenvalue weighted by Gasteiger charge is -2.36. The Morgan fingerprint density at radius 3 is 2.16 bits per heavy atom. The van der Waals surface area contributed by atoms with Crippen molar-refractivity contribution < 1.29 is 40.8 Å². The van der Waals surface area contributed by atoms with E-state index in [0.717, 1.165) is 90.8 Å². The Labute approximate surface area is 386 Å². The Kier molecular flexibility index (Phi) is 12.0. The number of nitrogens with zero attached hydrogens (tertiary/aromatic N) is 5. The number of alkyl halides is 1. The van der Waals surface area contributed by atoms with Gasteiger partial charge in [-0.15, -0.1) is 0 Å². The zero-order valence-electron chi connectivity index (χ0n) is 36.8. The van der Waals surface area contributed by atoms with E-state index in [2.05, 4.69) is 43.3 Å². The highest BCUT2D eigenvalue weighted by Gasteiger charge is 2.40. The summed E-state index contributed by atoms with van der Waals surface area (Å²) < 4.78 is 73.1. The minimum absolute atomic E-state index is 0.00605. The van der Waals surface area contributed by atoms with Gasteiger partial charge in [-0.1, -0.05) is 25.0 Å². The molecule has 0 spiro atoms. The zero-order valence-corrected chi connectivity index (χ0v) is 37.6. The minimum atomic E-state index is -4.35. The van der Waals surface area contributed by atoms with Gasteiger partial charge in [-0.25, -0.2) is 18.2 Å². The predicted molar refractivity (Wildman–Crippen MR) is 247 cm³/mol. The zero-order chi connectivity index (χ0) is 46.6. The largest absolute Gasteiger partial charge is 0.372 e. The summed E-state index contributed by atoms with van der Waals surface area (Å²) in [5.41, 5.74) is 4.06. The van der Waals surface area contributed by atoms with Gasteiger partial charge in [0.1, 0.15) is 23.7 Å². The summed E-state index contributed by atoms with van der Waals surface area (Å²) in [7, 11) is -4.35. The molecule has 2 aromatic heterocycles. The van der Waals surface area contributed by atoms with Crippen LogP contribution < -0.4 is 19.8 Å². The molecule has 0 saturated carbocycles. The van der Waals surface area contributed by atoms with E-state index in [1.165, 1.54) is 19.0 Å². The van der Waals surface area contributed by atoms with E-state index >= 15 is 8.78 Å². The summed E-state index contributed by atoms with van der Waals surface area (Å²) in [5, 5.41) is 2.71. The molecule has 14 nitrogen and oxygen atoms in total. The number of nitrogens with one attached hydrogen (secondary N) is 3. The van der Waals surface area contributed by atoms with Crippen molar-refractivity contribution in [2.75, 3.05) is 53.8 Å². The average Bonchev–Trinajstić information content (AvgIpc) is 4.06. The summed E-state index contributed by atoms with van der Waals surface area (Å²) in [6.45, 7) is 3.74. The molecule has 350 valence electrons.